The number of nitrogens with two attached hydrogens (primary N) is 2. The number of hydrazone groups is 1. The Morgan fingerprint density at radius 3 is 2.54 bits per heavy atom. The van der Waals surface area contributed by atoms with Crippen LogP contribution in [-0.4, -0.2) is 56.0 Å². The normalized spacial score (nSPS) is 11.2. The first kappa shape index (κ1) is 30.8. The molecule has 1 amide bonds. The van der Waals surface area contributed by atoms with E-state index in [9.17, 15) is 24.8 Å². The fourth-order valence-electron chi connectivity index (χ4n) is 3.93. The smallest absolute Gasteiger partial charge is 0.445 e. The molecule has 3 rings (SSSR count). The van der Waals surface area contributed by atoms with Crippen molar-refractivity contribution in [3.8, 4) is 11.1 Å². The maximum atomic E-state index is 12.1. The van der Waals surface area contributed by atoms with Gasteiger partial charge in [0.05, 0.1) is 13.2 Å². The zero-order chi connectivity index (χ0) is 29.9. The number of carbonyl (C=O) groups is 2. The number of benzene rings is 2. The summed E-state index contributed by atoms with van der Waals surface area (Å²) in [5, 5.41) is 23.2. The number of hydrogen-bond donors (Lipinski definition) is 3. The molecule has 14 nitrogen and oxygen atoms in total. The van der Waals surface area contributed by atoms with Crippen molar-refractivity contribution in [3.05, 3.63) is 86.4 Å². The number of halogens is 1. The molecule has 15 heteroatoms. The summed E-state index contributed by atoms with van der Waals surface area (Å²) in [6, 6.07) is 14.5. The first-order valence-electron chi connectivity index (χ1n) is 12.6. The van der Waals surface area contributed by atoms with Gasteiger partial charge in [0.2, 0.25) is 0 Å². The minimum Gasteiger partial charge on any atom is -0.476 e. The second-order valence-corrected chi connectivity index (χ2v) is 9.12. The van der Waals surface area contributed by atoms with Crippen molar-refractivity contribution in [3.63, 3.8) is 0 Å². The second kappa shape index (κ2) is 14.6. The molecule has 2 aromatic carbocycles. The van der Waals surface area contributed by atoms with Gasteiger partial charge in [0.25, 0.3) is 5.09 Å². The minimum absolute atomic E-state index is 0.0365. The third-order valence-corrected chi connectivity index (χ3v) is 6.15. The molecule has 0 unspecified atom stereocenters. The van der Waals surface area contributed by atoms with Gasteiger partial charge in [-0.25, -0.2) is 20.4 Å². The van der Waals surface area contributed by atoms with E-state index in [2.05, 4.69) is 14.9 Å². The Balaban J connectivity index is 1.76. The van der Waals surface area contributed by atoms with Crippen LogP contribution in [0.4, 0.5) is 4.79 Å². The summed E-state index contributed by atoms with van der Waals surface area (Å²) in [4.78, 5) is 42.5. The monoisotopic (exact) mass is 587 g/mol. The highest BCUT2D eigenvalue weighted by Gasteiger charge is 2.21. The number of aryl methyl sites for hydroxylation is 1. The van der Waals surface area contributed by atoms with Gasteiger partial charge < -0.3 is 25.0 Å². The molecule has 0 atom stereocenters. The van der Waals surface area contributed by atoms with Crippen LogP contribution in [0.1, 0.15) is 53.6 Å². The third-order valence-electron chi connectivity index (χ3n) is 5.88. The molecule has 0 aliphatic rings. The quantitative estimate of drug-likeness (QED) is 0.0473. The SMILES string of the molecule is CCCCc1nc(Cl)c(C(=O)O)n1Cc1ccc(-c2ccccc2/C(N)=N/N(N)C(=O)OCCCO[N+](=O)[O-])cc1. The molecular formula is C26H30ClN7O7. The number of carboxylic acid groups (broad SMARTS) is 1. The van der Waals surface area contributed by atoms with Gasteiger partial charge >= 0.3 is 12.1 Å². The molecule has 0 bridgehead atoms. The van der Waals surface area contributed by atoms with E-state index in [1.165, 1.54) is 0 Å². The summed E-state index contributed by atoms with van der Waals surface area (Å²) in [6.45, 7) is 1.91. The summed E-state index contributed by atoms with van der Waals surface area (Å²) in [5.74, 6) is 5.08. The number of aromatic carboxylic acids is 1. The molecule has 5 N–H and O–H groups in total. The predicted octanol–water partition coefficient (Wildman–Crippen LogP) is 3.82. The number of rotatable bonds is 14. The van der Waals surface area contributed by atoms with Gasteiger partial charge in [-0.3, -0.25) is 0 Å². The van der Waals surface area contributed by atoms with Crippen LogP contribution >= 0.6 is 11.6 Å². The number of carboxylic acids is 1. The number of ether oxygens (including phenoxy) is 1. The van der Waals surface area contributed by atoms with Crippen LogP contribution in [0.15, 0.2) is 53.6 Å². The van der Waals surface area contributed by atoms with Crippen molar-refractivity contribution < 1.29 is 29.4 Å². The lowest BCUT2D eigenvalue weighted by Gasteiger charge is -2.14. The van der Waals surface area contributed by atoms with Gasteiger partial charge in [0.15, 0.2) is 16.7 Å². The van der Waals surface area contributed by atoms with E-state index in [4.69, 9.17) is 27.9 Å². The second-order valence-electron chi connectivity index (χ2n) is 8.76. The molecule has 41 heavy (non-hydrogen) atoms. The number of carbonyl (C=O) groups excluding carboxylic acids is 1. The lowest BCUT2D eigenvalue weighted by molar-refractivity contribution is -0.757. The summed E-state index contributed by atoms with van der Waals surface area (Å²) in [7, 11) is 0. The van der Waals surface area contributed by atoms with Crippen molar-refractivity contribution >= 4 is 29.5 Å². The third kappa shape index (κ3) is 8.40. The molecular weight excluding hydrogens is 558 g/mol. The molecule has 218 valence electrons. The molecule has 0 spiro atoms. The summed E-state index contributed by atoms with van der Waals surface area (Å²) < 4.78 is 6.52. The topological polar surface area (TPSA) is 201 Å². The predicted molar refractivity (Wildman–Crippen MR) is 149 cm³/mol. The van der Waals surface area contributed by atoms with E-state index < -0.39 is 17.1 Å². The number of imidazole rings is 1. The van der Waals surface area contributed by atoms with Gasteiger partial charge in [-0.1, -0.05) is 73.5 Å². The number of unbranched alkanes of at least 4 members (excludes halogenated alkanes) is 1. The molecule has 1 heterocycles. The highest BCUT2D eigenvalue weighted by Crippen LogP contribution is 2.26. The molecule has 0 aliphatic carbocycles. The first-order chi connectivity index (χ1) is 19.6. The maximum absolute atomic E-state index is 12.1. The summed E-state index contributed by atoms with van der Waals surface area (Å²) >= 11 is 6.14. The van der Waals surface area contributed by atoms with Crippen LogP contribution in [0.2, 0.25) is 5.15 Å². The average Bonchev–Trinajstić information content (AvgIpc) is 3.26. The van der Waals surface area contributed by atoms with Crippen molar-refractivity contribution in [2.24, 2.45) is 16.7 Å². The first-order valence-corrected chi connectivity index (χ1v) is 13.0. The van der Waals surface area contributed by atoms with Crippen molar-refractivity contribution in [1.82, 2.24) is 14.7 Å². The lowest BCUT2D eigenvalue weighted by atomic mass is 9.98. The molecule has 0 aliphatic heterocycles. The van der Waals surface area contributed by atoms with Crippen LogP contribution in [0.3, 0.4) is 0 Å². The highest BCUT2D eigenvalue weighted by molar-refractivity contribution is 6.32. The summed E-state index contributed by atoms with van der Waals surface area (Å²) in [5.41, 5.74) is 8.94. The standard InChI is InChI=1S/C26H30ClN7O7/c1-2-3-9-21-30-23(27)22(25(35)36)32(21)16-17-10-12-18(13-11-17)19-7-4-5-8-20(19)24(28)31-33(29)26(37)40-14-6-15-41-34(38)39/h4-5,7-8,10-13H,2-3,6,9,14-16,29H2,1H3,(H2,28,31)(H,35,36). The zero-order valence-electron chi connectivity index (χ0n) is 22.2. The van der Waals surface area contributed by atoms with Gasteiger partial charge in [0, 0.05) is 24.9 Å². The maximum Gasteiger partial charge on any atom is 0.445 e. The minimum atomic E-state index is -1.15. The van der Waals surface area contributed by atoms with Crippen LogP contribution in [0.25, 0.3) is 11.1 Å². The Morgan fingerprint density at radius 2 is 1.88 bits per heavy atom. The molecule has 0 fully saturated rings. The van der Waals surface area contributed by atoms with Crippen LogP contribution in [-0.2, 0) is 22.5 Å². The van der Waals surface area contributed by atoms with Crippen molar-refractivity contribution in [2.75, 3.05) is 13.2 Å². The van der Waals surface area contributed by atoms with Gasteiger partial charge in [-0.15, -0.1) is 20.3 Å². The highest BCUT2D eigenvalue weighted by atomic mass is 35.5. The number of amidine groups is 1. The number of hydrazine groups is 1. The fourth-order valence-corrected chi connectivity index (χ4v) is 4.21. The number of nitrogens with zero attached hydrogens (tertiary/aromatic N) is 5. The van der Waals surface area contributed by atoms with Gasteiger partial charge in [-0.05, 0) is 23.1 Å². The van der Waals surface area contributed by atoms with Crippen molar-refractivity contribution in [1.29, 1.82) is 0 Å². The Morgan fingerprint density at radius 1 is 1.17 bits per heavy atom. The Labute approximate surface area is 240 Å². The molecule has 0 saturated carbocycles. The Kier molecular flexibility index (Phi) is 11.0. The van der Waals surface area contributed by atoms with Crippen LogP contribution < -0.4 is 11.6 Å². The van der Waals surface area contributed by atoms with E-state index in [-0.39, 0.29) is 42.9 Å². The number of aromatic nitrogens is 2. The van der Waals surface area contributed by atoms with Gasteiger partial charge in [-0.2, -0.15) is 0 Å². The van der Waals surface area contributed by atoms with E-state index in [1.807, 2.05) is 43.3 Å². The molecule has 0 saturated heterocycles. The molecule has 1 aromatic heterocycles. The van der Waals surface area contributed by atoms with Crippen LogP contribution in [0.5, 0.6) is 0 Å². The van der Waals surface area contributed by atoms with Crippen LogP contribution in [0, 0.1) is 10.1 Å². The lowest BCUT2D eigenvalue weighted by Crippen LogP contribution is -2.36. The van der Waals surface area contributed by atoms with E-state index in [0.29, 0.717) is 28.5 Å². The Bertz CT molecular complexity index is 1410. The van der Waals surface area contributed by atoms with E-state index >= 15 is 0 Å². The molecule has 3 aromatic rings. The summed E-state index contributed by atoms with van der Waals surface area (Å²) in [6.07, 6.45) is 1.47. The van der Waals surface area contributed by atoms with E-state index in [1.54, 1.807) is 16.7 Å². The zero-order valence-corrected chi connectivity index (χ0v) is 23.0. The van der Waals surface area contributed by atoms with Crippen molar-refractivity contribution in [2.45, 2.75) is 39.2 Å². The Hall–Kier alpha value is -4.69. The molecule has 0 radical (unpaired) electrons. The van der Waals surface area contributed by atoms with E-state index in [0.717, 1.165) is 24.0 Å². The largest absolute Gasteiger partial charge is 0.476 e. The number of hydrogen-bond acceptors (Lipinski definition) is 9. The average molecular weight is 588 g/mol. The fraction of sp³-hybridized carbons (Fsp3) is 0.308. The number of amides is 1. The van der Waals surface area contributed by atoms with Gasteiger partial charge in [0.1, 0.15) is 5.82 Å².